The van der Waals surface area contributed by atoms with Crippen LogP contribution in [-0.4, -0.2) is 33.2 Å². The van der Waals surface area contributed by atoms with Crippen molar-refractivity contribution in [2.75, 3.05) is 0 Å². The van der Waals surface area contributed by atoms with E-state index >= 15 is 0 Å². The minimum absolute atomic E-state index is 0.138. The highest BCUT2D eigenvalue weighted by Gasteiger charge is 2.04. The van der Waals surface area contributed by atoms with Gasteiger partial charge in [0.05, 0.1) is 11.4 Å². The first-order valence-corrected chi connectivity index (χ1v) is 9.53. The molecule has 0 radical (unpaired) electrons. The maximum Gasteiger partial charge on any atom is 0.240 e. The Kier molecular flexibility index (Phi) is 9.14. The molecule has 2 amide bonds. The molecule has 0 saturated heterocycles. The second kappa shape index (κ2) is 12.1. The number of nitrogens with zero attached hydrogens (tertiary/aromatic N) is 4. The Morgan fingerprint density at radius 2 is 1.10 bits per heavy atom. The lowest BCUT2D eigenvalue weighted by atomic mass is 10.1. The molecule has 2 rings (SSSR count). The zero-order chi connectivity index (χ0) is 20.9. The van der Waals surface area contributed by atoms with Gasteiger partial charge in [0.1, 0.15) is 0 Å². The summed E-state index contributed by atoms with van der Waals surface area (Å²) in [6.45, 7) is 3.65. The average Bonchev–Trinajstić information content (AvgIpc) is 2.76. The van der Waals surface area contributed by atoms with Crippen LogP contribution in [0.4, 0.5) is 0 Å². The molecule has 0 aliphatic heterocycles. The van der Waals surface area contributed by atoms with Crippen molar-refractivity contribution in [3.63, 3.8) is 0 Å². The van der Waals surface area contributed by atoms with Gasteiger partial charge >= 0.3 is 0 Å². The molecular formula is C21H26N6O2. The summed E-state index contributed by atoms with van der Waals surface area (Å²) in [7, 11) is 0. The van der Waals surface area contributed by atoms with E-state index < -0.39 is 0 Å². The number of unbranched alkanes of at least 4 members (excludes halogenated alkanes) is 2. The van der Waals surface area contributed by atoms with Crippen molar-refractivity contribution in [2.45, 2.75) is 46.0 Å². The number of aromatic nitrogens is 2. The first-order valence-electron chi connectivity index (χ1n) is 9.53. The summed E-state index contributed by atoms with van der Waals surface area (Å²) in [4.78, 5) is 31.6. The van der Waals surface area contributed by atoms with Crippen LogP contribution < -0.4 is 10.9 Å². The fourth-order valence-corrected chi connectivity index (χ4v) is 2.47. The van der Waals surface area contributed by atoms with Crippen molar-refractivity contribution in [1.29, 1.82) is 0 Å². The Morgan fingerprint density at radius 1 is 0.724 bits per heavy atom. The summed E-state index contributed by atoms with van der Waals surface area (Å²) < 4.78 is 0. The third-order valence-corrected chi connectivity index (χ3v) is 4.20. The molecule has 2 aromatic rings. The summed E-state index contributed by atoms with van der Waals surface area (Å²) in [5.74, 6) is -0.277. The predicted molar refractivity (Wildman–Crippen MR) is 112 cm³/mol. The van der Waals surface area contributed by atoms with Gasteiger partial charge in [-0.05, 0) is 51.0 Å². The lowest BCUT2D eigenvalue weighted by Crippen LogP contribution is -2.19. The molecule has 0 fully saturated rings. The molecule has 2 aromatic heterocycles. The number of rotatable bonds is 10. The third-order valence-electron chi connectivity index (χ3n) is 4.20. The smallest absolute Gasteiger partial charge is 0.240 e. The Morgan fingerprint density at radius 3 is 1.48 bits per heavy atom. The lowest BCUT2D eigenvalue weighted by Gasteiger charge is -2.04. The highest BCUT2D eigenvalue weighted by Crippen LogP contribution is 2.04. The van der Waals surface area contributed by atoms with Gasteiger partial charge in [0.25, 0.3) is 0 Å². The van der Waals surface area contributed by atoms with E-state index in [2.05, 4.69) is 31.0 Å². The van der Waals surface area contributed by atoms with Crippen LogP contribution in [0.25, 0.3) is 0 Å². The number of carbonyl (C=O) groups is 2. The van der Waals surface area contributed by atoms with Gasteiger partial charge in [-0.1, -0.05) is 6.42 Å². The first kappa shape index (κ1) is 21.9. The Labute approximate surface area is 170 Å². The van der Waals surface area contributed by atoms with Gasteiger partial charge in [0.2, 0.25) is 11.8 Å². The van der Waals surface area contributed by atoms with Gasteiger partial charge in [0.15, 0.2) is 0 Å². The summed E-state index contributed by atoms with van der Waals surface area (Å²) in [5.41, 5.74) is 8.38. The van der Waals surface area contributed by atoms with Crippen molar-refractivity contribution in [2.24, 2.45) is 10.2 Å². The largest absolute Gasteiger partial charge is 0.273 e. The zero-order valence-electron chi connectivity index (χ0n) is 16.8. The summed E-state index contributed by atoms with van der Waals surface area (Å²) in [6.07, 6.45) is 9.62. The molecule has 0 aromatic carbocycles. The van der Waals surface area contributed by atoms with Gasteiger partial charge in [-0.3, -0.25) is 19.6 Å². The zero-order valence-corrected chi connectivity index (χ0v) is 16.8. The highest BCUT2D eigenvalue weighted by molar-refractivity contribution is 5.99. The maximum atomic E-state index is 11.9. The normalized spacial score (nSPS) is 11.8. The number of hydrazone groups is 2. The van der Waals surface area contributed by atoms with Crippen LogP contribution in [0.1, 0.15) is 57.1 Å². The quantitative estimate of drug-likeness (QED) is 0.367. The Balaban J connectivity index is 1.59. The molecule has 2 heterocycles. The van der Waals surface area contributed by atoms with E-state index in [0.717, 1.165) is 29.0 Å². The Hall–Kier alpha value is -3.42. The maximum absolute atomic E-state index is 11.9. The van der Waals surface area contributed by atoms with E-state index in [0.29, 0.717) is 25.7 Å². The molecule has 0 saturated carbocycles. The van der Waals surface area contributed by atoms with E-state index in [4.69, 9.17) is 0 Å². The molecule has 8 heteroatoms. The van der Waals surface area contributed by atoms with Gasteiger partial charge < -0.3 is 0 Å². The highest BCUT2D eigenvalue weighted by atomic mass is 16.2. The monoisotopic (exact) mass is 394 g/mol. The van der Waals surface area contributed by atoms with E-state index in [-0.39, 0.29) is 11.8 Å². The van der Waals surface area contributed by atoms with Gasteiger partial charge in [-0.2, -0.15) is 10.2 Å². The molecule has 0 atom stereocenters. The molecule has 2 N–H and O–H groups in total. The Bertz CT molecular complexity index is 778. The summed E-state index contributed by atoms with van der Waals surface area (Å²) in [5, 5.41) is 8.19. The predicted octanol–water partition coefficient (Wildman–Crippen LogP) is 2.81. The van der Waals surface area contributed by atoms with Crippen molar-refractivity contribution >= 4 is 23.2 Å². The fourth-order valence-electron chi connectivity index (χ4n) is 2.47. The van der Waals surface area contributed by atoms with Crippen molar-refractivity contribution in [1.82, 2.24) is 20.8 Å². The minimum Gasteiger partial charge on any atom is -0.273 e. The number of pyridine rings is 2. The third kappa shape index (κ3) is 8.42. The molecule has 0 aliphatic carbocycles. The van der Waals surface area contributed by atoms with Crippen LogP contribution in [0.3, 0.4) is 0 Å². The van der Waals surface area contributed by atoms with Gasteiger partial charge in [-0.15, -0.1) is 0 Å². The molecule has 0 bridgehead atoms. The van der Waals surface area contributed by atoms with Crippen LogP contribution in [0.5, 0.6) is 0 Å². The number of nitrogens with one attached hydrogen (secondary N) is 2. The van der Waals surface area contributed by atoms with Crippen LogP contribution in [0.15, 0.2) is 59.3 Å². The molecule has 152 valence electrons. The summed E-state index contributed by atoms with van der Waals surface area (Å²) in [6, 6.07) is 7.33. The van der Waals surface area contributed by atoms with Crippen molar-refractivity contribution in [3.05, 3.63) is 60.2 Å². The number of carbonyl (C=O) groups excluding carboxylic acids is 2. The molecular weight excluding hydrogens is 368 g/mol. The number of amides is 2. The van der Waals surface area contributed by atoms with Crippen LogP contribution in [-0.2, 0) is 9.59 Å². The molecule has 0 spiro atoms. The number of hydrogen-bond acceptors (Lipinski definition) is 6. The molecule has 8 nitrogen and oxygen atoms in total. The lowest BCUT2D eigenvalue weighted by molar-refractivity contribution is -0.121. The first-order chi connectivity index (χ1) is 14.1. The van der Waals surface area contributed by atoms with Crippen LogP contribution >= 0.6 is 0 Å². The number of hydrogen-bond donors (Lipinski definition) is 2. The molecule has 0 unspecified atom stereocenters. The second-order valence-electron chi connectivity index (χ2n) is 6.50. The standard InChI is InChI=1S/C21H26N6O2/c1-16(18-8-12-22-13-9-18)24-26-20(28)6-4-3-5-7-21(29)27-25-17(2)19-10-14-23-15-11-19/h8-15H,3-7H2,1-2H3,(H,26,28)(H,27,29). The van der Waals surface area contributed by atoms with Crippen LogP contribution in [0, 0.1) is 0 Å². The fraction of sp³-hybridized carbons (Fsp3) is 0.333. The van der Waals surface area contributed by atoms with E-state index in [1.54, 1.807) is 24.8 Å². The van der Waals surface area contributed by atoms with Gasteiger partial charge in [0, 0.05) is 48.8 Å². The van der Waals surface area contributed by atoms with E-state index in [1.165, 1.54) is 0 Å². The molecule has 29 heavy (non-hydrogen) atoms. The van der Waals surface area contributed by atoms with Crippen molar-refractivity contribution < 1.29 is 9.59 Å². The van der Waals surface area contributed by atoms with E-state index in [9.17, 15) is 9.59 Å². The van der Waals surface area contributed by atoms with E-state index in [1.807, 2.05) is 38.1 Å². The SMILES string of the molecule is CC(=NNC(=O)CCCCCC(=O)NN=C(C)c1ccncc1)c1ccncc1. The topological polar surface area (TPSA) is 109 Å². The minimum atomic E-state index is -0.138. The van der Waals surface area contributed by atoms with Gasteiger partial charge in [-0.25, -0.2) is 10.9 Å². The summed E-state index contributed by atoms with van der Waals surface area (Å²) >= 11 is 0. The second-order valence-corrected chi connectivity index (χ2v) is 6.50. The van der Waals surface area contributed by atoms with Crippen LogP contribution in [0.2, 0.25) is 0 Å². The van der Waals surface area contributed by atoms with Crippen molar-refractivity contribution in [3.8, 4) is 0 Å². The average molecular weight is 394 g/mol. The molecule has 0 aliphatic rings.